The number of carbonyl (C=O) groups is 2. The lowest BCUT2D eigenvalue weighted by Gasteiger charge is -2.08. The van der Waals surface area contributed by atoms with Crippen LogP contribution >= 0.6 is 0 Å². The van der Waals surface area contributed by atoms with E-state index in [9.17, 15) is 9.59 Å². The molecule has 4 heteroatoms. The predicted octanol–water partition coefficient (Wildman–Crippen LogP) is 2.85. The quantitative estimate of drug-likeness (QED) is 0.810. The summed E-state index contributed by atoms with van der Waals surface area (Å²) < 4.78 is 9.44. The smallest absolute Gasteiger partial charge is 0.337 e. The molecule has 0 saturated heterocycles. The van der Waals surface area contributed by atoms with Crippen LogP contribution in [0.15, 0.2) is 48.5 Å². The minimum atomic E-state index is -0.477. The fourth-order valence-corrected chi connectivity index (χ4v) is 2.10. The van der Waals surface area contributed by atoms with Crippen molar-refractivity contribution in [2.45, 2.75) is 6.42 Å². The van der Waals surface area contributed by atoms with Crippen molar-refractivity contribution in [2.75, 3.05) is 14.2 Å². The molecule has 21 heavy (non-hydrogen) atoms. The maximum absolute atomic E-state index is 11.7. The summed E-state index contributed by atoms with van der Waals surface area (Å²) in [5, 5.41) is 0. The molecule has 0 amide bonds. The average Bonchev–Trinajstić information content (AvgIpc) is 2.53. The summed E-state index contributed by atoms with van der Waals surface area (Å²) in [5.74, 6) is -0.954. The Labute approximate surface area is 123 Å². The molecule has 0 aromatic heterocycles. The third-order valence-electron chi connectivity index (χ3n) is 3.09. The van der Waals surface area contributed by atoms with Crippen LogP contribution in [0.1, 0.15) is 31.8 Å². The molecule has 0 heterocycles. The maximum Gasteiger partial charge on any atom is 0.337 e. The van der Waals surface area contributed by atoms with E-state index in [0.717, 1.165) is 11.1 Å². The monoisotopic (exact) mass is 284 g/mol. The molecule has 0 radical (unpaired) electrons. The van der Waals surface area contributed by atoms with Crippen molar-refractivity contribution >= 4 is 11.9 Å². The molecule has 2 aromatic carbocycles. The summed E-state index contributed by atoms with van der Waals surface area (Å²) in [6.07, 6.45) is 0.621. The fourth-order valence-electron chi connectivity index (χ4n) is 2.10. The number of carbonyl (C=O) groups excluding carboxylic acids is 2. The van der Waals surface area contributed by atoms with Gasteiger partial charge in [0.05, 0.1) is 25.3 Å². The van der Waals surface area contributed by atoms with Gasteiger partial charge in [0.2, 0.25) is 0 Å². The van der Waals surface area contributed by atoms with Crippen LogP contribution in [0.4, 0.5) is 0 Å². The van der Waals surface area contributed by atoms with E-state index in [1.54, 1.807) is 12.1 Å². The lowest BCUT2D eigenvalue weighted by molar-refractivity contribution is 0.0599. The molecule has 108 valence electrons. The van der Waals surface area contributed by atoms with E-state index in [-0.39, 0.29) is 0 Å². The number of hydrogen-bond donors (Lipinski definition) is 0. The molecule has 0 aliphatic rings. The number of rotatable bonds is 4. The Morgan fingerprint density at radius 2 is 1.33 bits per heavy atom. The summed E-state index contributed by atoms with van der Waals surface area (Å²) in [4.78, 5) is 23.4. The summed E-state index contributed by atoms with van der Waals surface area (Å²) in [7, 11) is 2.62. The van der Waals surface area contributed by atoms with Crippen LogP contribution in [-0.2, 0) is 15.9 Å². The Bertz CT molecular complexity index is 613. The summed E-state index contributed by atoms with van der Waals surface area (Å²) in [5.41, 5.74) is 2.62. The molecule has 0 aliphatic heterocycles. The van der Waals surface area contributed by atoms with Gasteiger partial charge in [-0.15, -0.1) is 0 Å². The second kappa shape index (κ2) is 6.70. The zero-order valence-corrected chi connectivity index (χ0v) is 12.0. The van der Waals surface area contributed by atoms with Gasteiger partial charge in [0, 0.05) is 0 Å². The van der Waals surface area contributed by atoms with E-state index in [0.29, 0.717) is 17.5 Å². The Kier molecular flexibility index (Phi) is 4.72. The van der Waals surface area contributed by atoms with Crippen LogP contribution in [0.25, 0.3) is 0 Å². The molecule has 0 aliphatic carbocycles. The summed E-state index contributed by atoms with van der Waals surface area (Å²) in [6.45, 7) is 0. The number of benzene rings is 2. The van der Waals surface area contributed by atoms with Gasteiger partial charge in [0.1, 0.15) is 0 Å². The van der Waals surface area contributed by atoms with Gasteiger partial charge in [-0.25, -0.2) is 9.59 Å². The van der Waals surface area contributed by atoms with Crippen molar-refractivity contribution in [3.05, 3.63) is 70.8 Å². The molecular weight excluding hydrogens is 268 g/mol. The molecule has 0 bridgehead atoms. The molecule has 4 nitrogen and oxygen atoms in total. The van der Waals surface area contributed by atoms with E-state index in [4.69, 9.17) is 9.47 Å². The first-order valence-electron chi connectivity index (χ1n) is 6.48. The van der Waals surface area contributed by atoms with Crippen molar-refractivity contribution < 1.29 is 19.1 Å². The Morgan fingerprint density at radius 1 is 0.810 bits per heavy atom. The molecule has 0 saturated carbocycles. The van der Waals surface area contributed by atoms with Crippen molar-refractivity contribution in [3.8, 4) is 0 Å². The number of hydrogen-bond acceptors (Lipinski definition) is 4. The van der Waals surface area contributed by atoms with E-state index in [1.807, 2.05) is 30.3 Å². The van der Waals surface area contributed by atoms with Crippen LogP contribution in [-0.4, -0.2) is 26.2 Å². The van der Waals surface area contributed by atoms with Crippen molar-refractivity contribution in [2.24, 2.45) is 0 Å². The highest BCUT2D eigenvalue weighted by Crippen LogP contribution is 2.16. The minimum absolute atomic E-state index is 0.339. The molecule has 0 spiro atoms. The molecule has 0 fully saturated rings. The van der Waals surface area contributed by atoms with Crippen LogP contribution in [0, 0.1) is 0 Å². The third kappa shape index (κ3) is 3.69. The fraction of sp³-hybridized carbons (Fsp3) is 0.176. The first-order valence-corrected chi connectivity index (χ1v) is 6.48. The van der Waals surface area contributed by atoms with E-state index >= 15 is 0 Å². The van der Waals surface area contributed by atoms with Gasteiger partial charge in [-0.1, -0.05) is 30.3 Å². The lowest BCUT2D eigenvalue weighted by atomic mass is 10.00. The Hall–Kier alpha value is -2.62. The molecule has 2 rings (SSSR count). The second-order valence-corrected chi connectivity index (χ2v) is 4.56. The summed E-state index contributed by atoms with van der Waals surface area (Å²) >= 11 is 0. The molecule has 0 unspecified atom stereocenters. The summed E-state index contributed by atoms with van der Waals surface area (Å²) in [6, 6.07) is 14.7. The highest BCUT2D eigenvalue weighted by atomic mass is 16.5. The third-order valence-corrected chi connectivity index (χ3v) is 3.09. The van der Waals surface area contributed by atoms with Gasteiger partial charge >= 0.3 is 11.9 Å². The Morgan fingerprint density at radius 3 is 1.81 bits per heavy atom. The van der Waals surface area contributed by atoms with Gasteiger partial charge in [0.25, 0.3) is 0 Å². The van der Waals surface area contributed by atoms with Crippen LogP contribution in [0.5, 0.6) is 0 Å². The lowest BCUT2D eigenvalue weighted by Crippen LogP contribution is -2.08. The highest BCUT2D eigenvalue weighted by Gasteiger charge is 2.13. The highest BCUT2D eigenvalue weighted by molar-refractivity contribution is 5.95. The largest absolute Gasteiger partial charge is 0.465 e. The Balaban J connectivity index is 2.39. The first-order chi connectivity index (χ1) is 10.1. The molecule has 2 aromatic rings. The number of esters is 2. The van der Waals surface area contributed by atoms with Gasteiger partial charge in [-0.2, -0.15) is 0 Å². The number of ether oxygens (including phenoxy) is 2. The van der Waals surface area contributed by atoms with Gasteiger partial charge in [0.15, 0.2) is 0 Å². The zero-order chi connectivity index (χ0) is 15.2. The van der Waals surface area contributed by atoms with E-state index in [2.05, 4.69) is 0 Å². The SMILES string of the molecule is COC(=O)c1cc(Cc2ccccc2)cc(C(=O)OC)c1. The second-order valence-electron chi connectivity index (χ2n) is 4.56. The average molecular weight is 284 g/mol. The van der Waals surface area contributed by atoms with Gasteiger partial charge in [-0.3, -0.25) is 0 Å². The van der Waals surface area contributed by atoms with E-state index < -0.39 is 11.9 Å². The molecular formula is C17H16O4. The molecule has 0 N–H and O–H groups in total. The van der Waals surface area contributed by atoms with Gasteiger partial charge < -0.3 is 9.47 Å². The maximum atomic E-state index is 11.7. The first kappa shape index (κ1) is 14.8. The van der Waals surface area contributed by atoms with Crippen molar-refractivity contribution in [1.82, 2.24) is 0 Å². The molecule has 0 atom stereocenters. The van der Waals surface area contributed by atoms with Crippen molar-refractivity contribution in [1.29, 1.82) is 0 Å². The predicted molar refractivity (Wildman–Crippen MR) is 78.4 cm³/mol. The van der Waals surface area contributed by atoms with E-state index in [1.165, 1.54) is 20.3 Å². The number of methoxy groups -OCH3 is 2. The van der Waals surface area contributed by atoms with Crippen molar-refractivity contribution in [3.63, 3.8) is 0 Å². The zero-order valence-electron chi connectivity index (χ0n) is 12.0. The van der Waals surface area contributed by atoms with Crippen LogP contribution in [0.2, 0.25) is 0 Å². The van der Waals surface area contributed by atoms with Crippen LogP contribution in [0.3, 0.4) is 0 Å². The van der Waals surface area contributed by atoms with Gasteiger partial charge in [-0.05, 0) is 35.7 Å². The van der Waals surface area contributed by atoms with Crippen LogP contribution < -0.4 is 0 Å². The minimum Gasteiger partial charge on any atom is -0.465 e. The standard InChI is InChI=1S/C17H16O4/c1-20-16(18)14-9-13(8-12-6-4-3-5-7-12)10-15(11-14)17(19)21-2/h3-7,9-11H,8H2,1-2H3. The topological polar surface area (TPSA) is 52.6 Å². The normalized spacial score (nSPS) is 10.0.